The second-order valence-electron chi connectivity index (χ2n) is 12.1. The minimum Gasteiger partial charge on any atom is -0.480 e. The van der Waals surface area contributed by atoms with Gasteiger partial charge in [-0.3, -0.25) is 14.4 Å². The molecule has 2 fully saturated rings. The molecule has 2 aliphatic carbocycles. The fourth-order valence-corrected chi connectivity index (χ4v) is 5.13. The summed E-state index contributed by atoms with van der Waals surface area (Å²) in [4.78, 5) is 61.0. The zero-order chi connectivity index (χ0) is 36.1. The molecule has 18 heteroatoms. The largest absolute Gasteiger partial charge is 0.480 e. The monoisotopic (exact) mass is 718 g/mol. The molecule has 0 spiro atoms. The van der Waals surface area contributed by atoms with Gasteiger partial charge in [-0.05, 0) is 86.9 Å². The molecule has 0 saturated heterocycles. The van der Waals surface area contributed by atoms with Gasteiger partial charge in [0.1, 0.15) is 6.04 Å². The predicted octanol–water partition coefficient (Wildman–Crippen LogP) is 3.91. The third-order valence-corrected chi connectivity index (χ3v) is 8.35. The molecule has 266 valence electrons. The molecule has 3 aromatic rings. The molecule has 0 aliphatic heterocycles. The fraction of sp³-hybridized carbons (Fsp3) is 0.406. The minimum absolute atomic E-state index is 0.0347. The SMILES string of the molecule is CC(NC(=O)C(=O)NCC[C@H](NC(=O)c1ccc(Nc2nc(NC3(c4ccc(Cl)cc4)CC3)nc(OCC(F)(F)F)n2)cc1)C(=O)O)C1CC1. The van der Waals surface area contributed by atoms with Gasteiger partial charge in [0.15, 0.2) is 6.61 Å². The predicted molar refractivity (Wildman–Crippen MR) is 174 cm³/mol. The molecule has 3 amide bonds. The van der Waals surface area contributed by atoms with Crippen molar-refractivity contribution in [1.82, 2.24) is 30.9 Å². The molecule has 1 unspecified atom stereocenters. The molecular weight excluding hydrogens is 685 g/mol. The van der Waals surface area contributed by atoms with Gasteiger partial charge in [-0.1, -0.05) is 23.7 Å². The summed E-state index contributed by atoms with van der Waals surface area (Å²) in [6, 6.07) is 10.7. The molecule has 1 heterocycles. The number of alkyl halides is 3. The van der Waals surface area contributed by atoms with E-state index in [0.29, 0.717) is 29.5 Å². The normalized spacial score (nSPS) is 15.9. The van der Waals surface area contributed by atoms with Crippen LogP contribution in [-0.2, 0) is 19.9 Å². The number of aromatic nitrogens is 3. The van der Waals surface area contributed by atoms with Crippen LogP contribution in [0.3, 0.4) is 0 Å². The van der Waals surface area contributed by atoms with Crippen LogP contribution < -0.4 is 31.3 Å². The first-order chi connectivity index (χ1) is 23.7. The number of amides is 3. The summed E-state index contributed by atoms with van der Waals surface area (Å²) in [6.07, 6.45) is -1.44. The highest BCUT2D eigenvalue weighted by Crippen LogP contribution is 2.48. The molecule has 2 aromatic carbocycles. The maximum atomic E-state index is 12.9. The van der Waals surface area contributed by atoms with E-state index in [2.05, 4.69) is 41.5 Å². The number of carbonyl (C=O) groups is 4. The summed E-state index contributed by atoms with van der Waals surface area (Å²) in [5.41, 5.74) is 0.762. The van der Waals surface area contributed by atoms with Gasteiger partial charge < -0.3 is 36.4 Å². The maximum Gasteiger partial charge on any atom is 0.422 e. The van der Waals surface area contributed by atoms with Gasteiger partial charge in [-0.15, -0.1) is 0 Å². The number of nitrogens with one attached hydrogen (secondary N) is 5. The van der Waals surface area contributed by atoms with E-state index in [1.165, 1.54) is 24.3 Å². The third kappa shape index (κ3) is 10.2. The van der Waals surface area contributed by atoms with Crippen LogP contribution in [0.5, 0.6) is 6.01 Å². The number of aliphatic carboxylic acids is 1. The Labute approximate surface area is 288 Å². The molecular formula is C32H34ClF3N8O6. The highest BCUT2D eigenvalue weighted by Gasteiger charge is 2.45. The maximum absolute atomic E-state index is 12.9. The molecule has 5 rings (SSSR count). The number of ether oxygens (including phenoxy) is 1. The van der Waals surface area contributed by atoms with Crippen LogP contribution in [0, 0.1) is 5.92 Å². The molecule has 2 saturated carbocycles. The van der Waals surface area contributed by atoms with Crippen LogP contribution >= 0.6 is 11.6 Å². The van der Waals surface area contributed by atoms with Crippen molar-refractivity contribution in [3.05, 3.63) is 64.7 Å². The number of carboxylic acid groups (broad SMARTS) is 1. The number of hydrogen-bond donors (Lipinski definition) is 6. The average Bonchev–Trinajstić information content (AvgIpc) is 4.00. The molecule has 0 radical (unpaired) electrons. The van der Waals surface area contributed by atoms with Gasteiger partial charge >= 0.3 is 30.0 Å². The fourth-order valence-electron chi connectivity index (χ4n) is 5.00. The lowest BCUT2D eigenvalue weighted by atomic mass is 10.1. The molecule has 2 aliphatic rings. The van der Waals surface area contributed by atoms with E-state index < -0.39 is 54.1 Å². The van der Waals surface area contributed by atoms with Gasteiger partial charge in [0.25, 0.3) is 5.91 Å². The first-order valence-electron chi connectivity index (χ1n) is 15.7. The van der Waals surface area contributed by atoms with Gasteiger partial charge in [-0.25, -0.2) is 4.79 Å². The van der Waals surface area contributed by atoms with Crippen LogP contribution in [0.1, 0.15) is 54.9 Å². The second-order valence-corrected chi connectivity index (χ2v) is 12.5. The Balaban J connectivity index is 1.20. The summed E-state index contributed by atoms with van der Waals surface area (Å²) in [5.74, 6) is -3.61. The van der Waals surface area contributed by atoms with Crippen molar-refractivity contribution in [2.45, 2.75) is 62.8 Å². The second kappa shape index (κ2) is 15.1. The number of anilines is 3. The van der Waals surface area contributed by atoms with Crippen LogP contribution in [0.25, 0.3) is 0 Å². The van der Waals surface area contributed by atoms with Gasteiger partial charge in [0.05, 0.1) is 5.54 Å². The quantitative estimate of drug-likeness (QED) is 0.125. The van der Waals surface area contributed by atoms with E-state index in [1.54, 1.807) is 12.1 Å². The smallest absolute Gasteiger partial charge is 0.422 e. The highest BCUT2D eigenvalue weighted by atomic mass is 35.5. The number of hydrogen-bond acceptors (Lipinski definition) is 10. The minimum atomic E-state index is -4.64. The highest BCUT2D eigenvalue weighted by molar-refractivity contribution is 6.35. The van der Waals surface area contributed by atoms with E-state index in [0.717, 1.165) is 18.4 Å². The van der Waals surface area contributed by atoms with E-state index in [9.17, 15) is 37.5 Å². The lowest BCUT2D eigenvalue weighted by Gasteiger charge is -2.19. The molecule has 14 nitrogen and oxygen atoms in total. The lowest BCUT2D eigenvalue weighted by molar-refractivity contribution is -0.154. The van der Waals surface area contributed by atoms with Gasteiger partial charge in [0, 0.05) is 28.9 Å². The summed E-state index contributed by atoms with van der Waals surface area (Å²) < 4.78 is 43.5. The summed E-state index contributed by atoms with van der Waals surface area (Å²) in [6.45, 7) is 0.00658. The van der Waals surface area contributed by atoms with Crippen molar-refractivity contribution >= 4 is 52.9 Å². The van der Waals surface area contributed by atoms with Crippen LogP contribution in [0.15, 0.2) is 48.5 Å². The Morgan fingerprint density at radius 2 is 1.62 bits per heavy atom. The average molecular weight is 719 g/mol. The number of carboxylic acids is 1. The van der Waals surface area contributed by atoms with Crippen molar-refractivity contribution in [1.29, 1.82) is 0 Å². The van der Waals surface area contributed by atoms with E-state index in [4.69, 9.17) is 16.3 Å². The van der Waals surface area contributed by atoms with Crippen molar-refractivity contribution < 1.29 is 42.2 Å². The van der Waals surface area contributed by atoms with Crippen molar-refractivity contribution in [3.8, 4) is 6.01 Å². The molecule has 6 N–H and O–H groups in total. The summed E-state index contributed by atoms with van der Waals surface area (Å²) in [5, 5.41) is 23.5. The van der Waals surface area contributed by atoms with E-state index >= 15 is 0 Å². The zero-order valence-corrected chi connectivity index (χ0v) is 27.4. The number of nitrogens with zero attached hydrogens (tertiary/aromatic N) is 3. The Bertz CT molecular complexity index is 1720. The van der Waals surface area contributed by atoms with Crippen molar-refractivity contribution in [2.24, 2.45) is 5.92 Å². The van der Waals surface area contributed by atoms with Gasteiger partial charge in [0.2, 0.25) is 11.9 Å². The first kappa shape index (κ1) is 36.1. The number of rotatable bonds is 15. The van der Waals surface area contributed by atoms with Crippen LogP contribution in [-0.4, -0.2) is 75.2 Å². The van der Waals surface area contributed by atoms with Crippen molar-refractivity contribution in [2.75, 3.05) is 23.8 Å². The standard InChI is InChI=1S/C32H34ClF3N8O6/c1-17(18-2-3-18)38-26(47)25(46)37-15-12-23(27(48)49)40-24(45)19-4-10-22(11-5-19)39-28-41-29(43-30(42-28)50-16-32(34,35)36)44-31(13-14-31)20-6-8-21(33)9-7-20/h4-11,17-18,23H,2-3,12-16H2,1H3,(H,37,46)(H,38,47)(H,40,45)(H,48,49)(H2,39,41,42,43,44)/t17?,23-/m0/s1. The number of halogens is 4. The van der Waals surface area contributed by atoms with E-state index in [1.807, 2.05) is 19.1 Å². The summed E-state index contributed by atoms with van der Waals surface area (Å²) >= 11 is 6.01. The Kier molecular flexibility index (Phi) is 10.9. The summed E-state index contributed by atoms with van der Waals surface area (Å²) in [7, 11) is 0. The first-order valence-corrected chi connectivity index (χ1v) is 16.1. The topological polar surface area (TPSA) is 197 Å². The zero-order valence-electron chi connectivity index (χ0n) is 26.6. The third-order valence-electron chi connectivity index (χ3n) is 8.10. The molecule has 0 bridgehead atoms. The Morgan fingerprint density at radius 3 is 2.22 bits per heavy atom. The van der Waals surface area contributed by atoms with Gasteiger partial charge in [-0.2, -0.15) is 28.1 Å². The Morgan fingerprint density at radius 1 is 0.960 bits per heavy atom. The van der Waals surface area contributed by atoms with Crippen molar-refractivity contribution in [3.63, 3.8) is 0 Å². The molecule has 50 heavy (non-hydrogen) atoms. The van der Waals surface area contributed by atoms with Crippen LogP contribution in [0.2, 0.25) is 5.02 Å². The molecule has 2 atom stereocenters. The lowest BCUT2D eigenvalue weighted by Crippen LogP contribution is -2.47. The molecule has 1 aromatic heterocycles. The number of benzene rings is 2. The Hall–Kier alpha value is -5.19. The van der Waals surface area contributed by atoms with E-state index in [-0.39, 0.29) is 36.5 Å². The van der Waals surface area contributed by atoms with Crippen LogP contribution in [0.4, 0.5) is 30.8 Å². The number of carbonyl (C=O) groups excluding carboxylic acids is 3.